The standard InChI is InChI=1S/C16H20F3N3O3S/c1-3-5-13(22-26(23,24)10-4-2)11-6-8-12(9-7-11)14-20-15(25-21-14)16(17,18)19/h6-9,13,22H,3-5,10H2,1-2H3. The van der Waals surface area contributed by atoms with Gasteiger partial charge in [-0.3, -0.25) is 0 Å². The number of halogens is 3. The molecule has 1 N–H and O–H groups in total. The molecular formula is C16H20F3N3O3S. The van der Waals surface area contributed by atoms with Crippen molar-refractivity contribution in [3.05, 3.63) is 35.7 Å². The molecule has 1 aromatic carbocycles. The van der Waals surface area contributed by atoms with Crippen LogP contribution in [0.15, 0.2) is 28.8 Å². The van der Waals surface area contributed by atoms with Crippen molar-refractivity contribution in [2.45, 2.75) is 45.3 Å². The van der Waals surface area contributed by atoms with Crippen molar-refractivity contribution in [3.63, 3.8) is 0 Å². The number of nitrogens with zero attached hydrogens (tertiary/aromatic N) is 2. The van der Waals surface area contributed by atoms with Crippen LogP contribution in [0.1, 0.15) is 50.6 Å². The summed E-state index contributed by atoms with van der Waals surface area (Å²) in [6.45, 7) is 3.72. The van der Waals surface area contributed by atoms with Crippen LogP contribution < -0.4 is 4.72 Å². The SMILES string of the molecule is CCCC(NS(=O)(=O)CCC)c1ccc(-c2noc(C(F)(F)F)n2)cc1. The van der Waals surface area contributed by atoms with E-state index in [-0.39, 0.29) is 11.6 Å². The first-order valence-corrected chi connectivity index (χ1v) is 9.82. The average Bonchev–Trinajstić information content (AvgIpc) is 3.04. The van der Waals surface area contributed by atoms with Crippen LogP contribution in [0.3, 0.4) is 0 Å². The molecule has 1 aromatic heterocycles. The van der Waals surface area contributed by atoms with Crippen molar-refractivity contribution in [3.8, 4) is 11.4 Å². The van der Waals surface area contributed by atoms with E-state index in [4.69, 9.17) is 0 Å². The summed E-state index contributed by atoms with van der Waals surface area (Å²) >= 11 is 0. The number of hydrogen-bond donors (Lipinski definition) is 1. The average molecular weight is 391 g/mol. The van der Waals surface area contributed by atoms with E-state index in [1.165, 1.54) is 12.1 Å². The van der Waals surface area contributed by atoms with E-state index >= 15 is 0 Å². The summed E-state index contributed by atoms with van der Waals surface area (Å²) in [6.07, 6.45) is -2.83. The third-order valence-corrected chi connectivity index (χ3v) is 5.20. The van der Waals surface area contributed by atoms with Gasteiger partial charge in [0.05, 0.1) is 5.75 Å². The second-order valence-corrected chi connectivity index (χ2v) is 7.69. The number of hydrogen-bond acceptors (Lipinski definition) is 5. The molecule has 0 radical (unpaired) electrons. The molecule has 1 unspecified atom stereocenters. The Morgan fingerprint density at radius 3 is 2.31 bits per heavy atom. The maximum absolute atomic E-state index is 12.5. The van der Waals surface area contributed by atoms with Crippen LogP contribution in [0.25, 0.3) is 11.4 Å². The molecule has 0 saturated carbocycles. The molecule has 26 heavy (non-hydrogen) atoms. The lowest BCUT2D eigenvalue weighted by atomic mass is 10.0. The number of rotatable bonds is 8. The summed E-state index contributed by atoms with van der Waals surface area (Å²) in [4.78, 5) is 3.33. The van der Waals surface area contributed by atoms with Crippen LogP contribution in [-0.2, 0) is 16.2 Å². The highest BCUT2D eigenvalue weighted by Gasteiger charge is 2.38. The van der Waals surface area contributed by atoms with Gasteiger partial charge < -0.3 is 4.52 Å². The molecule has 0 saturated heterocycles. The minimum atomic E-state index is -4.70. The fourth-order valence-electron chi connectivity index (χ4n) is 2.45. The zero-order valence-corrected chi connectivity index (χ0v) is 15.2. The summed E-state index contributed by atoms with van der Waals surface area (Å²) in [7, 11) is -3.39. The molecule has 1 heterocycles. The molecular weight excluding hydrogens is 371 g/mol. The number of benzene rings is 1. The van der Waals surface area contributed by atoms with Gasteiger partial charge in [-0.2, -0.15) is 18.2 Å². The van der Waals surface area contributed by atoms with Gasteiger partial charge in [0.15, 0.2) is 0 Å². The zero-order valence-electron chi connectivity index (χ0n) is 14.4. The summed E-state index contributed by atoms with van der Waals surface area (Å²) in [5.74, 6) is -1.55. The first-order chi connectivity index (χ1) is 12.2. The summed E-state index contributed by atoms with van der Waals surface area (Å²) in [5, 5.41) is 3.33. The van der Waals surface area contributed by atoms with Crippen molar-refractivity contribution in [2.24, 2.45) is 0 Å². The normalized spacial score (nSPS) is 13.7. The molecule has 1 atom stereocenters. The van der Waals surface area contributed by atoms with E-state index in [9.17, 15) is 21.6 Å². The molecule has 0 fully saturated rings. The van der Waals surface area contributed by atoms with Crippen LogP contribution in [-0.4, -0.2) is 24.3 Å². The second kappa shape index (κ2) is 8.17. The van der Waals surface area contributed by atoms with Crippen LogP contribution in [0, 0.1) is 0 Å². The molecule has 144 valence electrons. The summed E-state index contributed by atoms with van der Waals surface area (Å²) < 4.78 is 68.5. The molecule has 0 bridgehead atoms. The molecule has 6 nitrogen and oxygen atoms in total. The summed E-state index contributed by atoms with van der Waals surface area (Å²) in [5.41, 5.74) is 1.06. The minimum Gasteiger partial charge on any atom is -0.329 e. The van der Waals surface area contributed by atoms with E-state index in [1.54, 1.807) is 19.1 Å². The van der Waals surface area contributed by atoms with Crippen LogP contribution in [0.4, 0.5) is 13.2 Å². The van der Waals surface area contributed by atoms with Gasteiger partial charge in [0.1, 0.15) is 0 Å². The first-order valence-electron chi connectivity index (χ1n) is 8.17. The van der Waals surface area contributed by atoms with Crippen molar-refractivity contribution in [1.82, 2.24) is 14.9 Å². The van der Waals surface area contributed by atoms with Crippen molar-refractivity contribution in [2.75, 3.05) is 5.75 Å². The molecule has 2 rings (SSSR count). The highest BCUT2D eigenvalue weighted by Crippen LogP contribution is 2.30. The Morgan fingerprint density at radius 1 is 1.15 bits per heavy atom. The van der Waals surface area contributed by atoms with Crippen LogP contribution in [0.2, 0.25) is 0 Å². The lowest BCUT2D eigenvalue weighted by molar-refractivity contribution is -0.159. The second-order valence-electron chi connectivity index (χ2n) is 5.82. The first kappa shape index (κ1) is 20.4. The van der Waals surface area contributed by atoms with Gasteiger partial charge in [-0.05, 0) is 18.4 Å². The lowest BCUT2D eigenvalue weighted by Crippen LogP contribution is -2.30. The van der Waals surface area contributed by atoms with Crippen molar-refractivity contribution >= 4 is 10.0 Å². The van der Waals surface area contributed by atoms with Gasteiger partial charge in [0.25, 0.3) is 0 Å². The Labute approximate surface area is 149 Å². The molecule has 0 aliphatic rings. The Bertz CT molecular complexity index is 817. The van der Waals surface area contributed by atoms with Crippen LogP contribution in [0.5, 0.6) is 0 Å². The molecule has 0 aliphatic carbocycles. The molecule has 0 aliphatic heterocycles. The third-order valence-electron chi connectivity index (χ3n) is 3.61. The Hall–Kier alpha value is -1.94. The number of sulfonamides is 1. The number of nitrogens with one attached hydrogen (secondary N) is 1. The fourth-order valence-corrected chi connectivity index (χ4v) is 3.79. The molecule has 0 amide bonds. The van der Waals surface area contributed by atoms with Gasteiger partial charge in [0.2, 0.25) is 15.8 Å². The van der Waals surface area contributed by atoms with Gasteiger partial charge in [-0.15, -0.1) is 0 Å². The molecule has 10 heteroatoms. The van der Waals surface area contributed by atoms with E-state index in [2.05, 4.69) is 19.4 Å². The van der Waals surface area contributed by atoms with E-state index < -0.39 is 28.1 Å². The highest BCUT2D eigenvalue weighted by molar-refractivity contribution is 7.89. The maximum atomic E-state index is 12.5. The monoisotopic (exact) mass is 391 g/mol. The van der Waals surface area contributed by atoms with Gasteiger partial charge in [-0.25, -0.2) is 13.1 Å². The van der Waals surface area contributed by atoms with Gasteiger partial charge in [-0.1, -0.05) is 49.7 Å². The number of aromatic nitrogens is 2. The predicted molar refractivity (Wildman–Crippen MR) is 89.6 cm³/mol. The lowest BCUT2D eigenvalue weighted by Gasteiger charge is -2.18. The topological polar surface area (TPSA) is 85.1 Å². The zero-order chi connectivity index (χ0) is 19.4. The number of alkyl halides is 3. The third kappa shape index (κ3) is 5.28. The van der Waals surface area contributed by atoms with E-state index in [1.807, 2.05) is 6.92 Å². The van der Waals surface area contributed by atoms with E-state index in [0.717, 1.165) is 12.0 Å². The quantitative estimate of drug-likeness (QED) is 0.737. The van der Waals surface area contributed by atoms with Crippen molar-refractivity contribution in [1.29, 1.82) is 0 Å². The fraction of sp³-hybridized carbons (Fsp3) is 0.500. The van der Waals surface area contributed by atoms with Gasteiger partial charge >= 0.3 is 12.1 Å². The molecule has 0 spiro atoms. The Kier molecular flexibility index (Phi) is 6.40. The molecule has 2 aromatic rings. The maximum Gasteiger partial charge on any atom is 0.471 e. The predicted octanol–water partition coefficient (Wildman–Crippen LogP) is 3.93. The smallest absolute Gasteiger partial charge is 0.329 e. The Balaban J connectivity index is 2.21. The van der Waals surface area contributed by atoms with Crippen molar-refractivity contribution < 1.29 is 26.1 Å². The Morgan fingerprint density at radius 2 is 1.81 bits per heavy atom. The highest BCUT2D eigenvalue weighted by atomic mass is 32.2. The van der Waals surface area contributed by atoms with Crippen LogP contribution >= 0.6 is 0 Å². The largest absolute Gasteiger partial charge is 0.471 e. The van der Waals surface area contributed by atoms with Gasteiger partial charge in [0, 0.05) is 11.6 Å². The minimum absolute atomic E-state index is 0.0361. The van der Waals surface area contributed by atoms with E-state index in [0.29, 0.717) is 18.4 Å². The summed E-state index contributed by atoms with van der Waals surface area (Å²) in [6, 6.07) is 5.97.